The highest BCUT2D eigenvalue weighted by Crippen LogP contribution is 2.21. The number of rotatable bonds is 5. The van der Waals surface area contributed by atoms with E-state index in [0.717, 1.165) is 19.3 Å². The van der Waals surface area contributed by atoms with Crippen LogP contribution in [0.3, 0.4) is 0 Å². The van der Waals surface area contributed by atoms with Crippen LogP contribution in [0.4, 0.5) is 4.39 Å². The van der Waals surface area contributed by atoms with Crippen molar-refractivity contribution in [1.82, 2.24) is 5.32 Å². The van der Waals surface area contributed by atoms with E-state index in [1.165, 1.54) is 36.3 Å². The largest absolute Gasteiger partial charge is 0.386 e. The second-order valence-electron chi connectivity index (χ2n) is 5.64. The molecule has 1 aliphatic rings. The fraction of sp³-hybridized carbons (Fsp3) is 0.471. The molecule has 0 saturated carbocycles. The molecule has 1 aromatic rings. The number of amides is 1. The van der Waals surface area contributed by atoms with Gasteiger partial charge in [-0.3, -0.25) is 4.79 Å². The van der Waals surface area contributed by atoms with Gasteiger partial charge in [0.1, 0.15) is 5.82 Å². The highest BCUT2D eigenvalue weighted by molar-refractivity contribution is 5.78. The molecule has 3 nitrogen and oxygen atoms in total. The van der Waals surface area contributed by atoms with E-state index in [2.05, 4.69) is 11.4 Å². The topological polar surface area (TPSA) is 49.3 Å². The summed E-state index contributed by atoms with van der Waals surface area (Å²) in [4.78, 5) is 12.0. The Kier molecular flexibility index (Phi) is 5.51. The molecule has 0 saturated heterocycles. The van der Waals surface area contributed by atoms with E-state index in [1.54, 1.807) is 6.92 Å². The average Bonchev–Trinajstić information content (AvgIpc) is 2.48. The summed E-state index contributed by atoms with van der Waals surface area (Å²) in [6.07, 6.45) is 6.09. The highest BCUT2D eigenvalue weighted by Gasteiger charge is 2.19. The maximum Gasteiger partial charge on any atom is 0.224 e. The summed E-state index contributed by atoms with van der Waals surface area (Å²) >= 11 is 0. The number of hydrogen-bond acceptors (Lipinski definition) is 2. The third-order valence-corrected chi connectivity index (χ3v) is 3.85. The zero-order valence-electron chi connectivity index (χ0n) is 12.3. The Morgan fingerprint density at radius 3 is 2.67 bits per heavy atom. The van der Waals surface area contributed by atoms with Gasteiger partial charge >= 0.3 is 0 Å². The number of carbonyl (C=O) groups is 1. The number of aliphatic hydroxyl groups excluding tert-OH is 1. The summed E-state index contributed by atoms with van der Waals surface area (Å²) in [6.45, 7) is 1.75. The summed E-state index contributed by atoms with van der Waals surface area (Å²) in [6, 6.07) is 5.27. The third-order valence-electron chi connectivity index (χ3n) is 3.85. The first-order chi connectivity index (χ1) is 10.1. The third kappa shape index (κ3) is 4.67. The van der Waals surface area contributed by atoms with Crippen LogP contribution in [0.5, 0.6) is 0 Å². The molecule has 0 radical (unpaired) electrons. The van der Waals surface area contributed by atoms with Crippen LogP contribution >= 0.6 is 0 Å². The van der Waals surface area contributed by atoms with Crippen molar-refractivity contribution in [3.8, 4) is 0 Å². The lowest BCUT2D eigenvalue weighted by Crippen LogP contribution is -2.37. The summed E-state index contributed by atoms with van der Waals surface area (Å²) in [7, 11) is 0. The van der Waals surface area contributed by atoms with Crippen molar-refractivity contribution in [3.63, 3.8) is 0 Å². The van der Waals surface area contributed by atoms with Gasteiger partial charge in [0.15, 0.2) is 0 Å². The molecule has 21 heavy (non-hydrogen) atoms. The smallest absolute Gasteiger partial charge is 0.224 e. The fourth-order valence-electron chi connectivity index (χ4n) is 2.60. The van der Waals surface area contributed by atoms with Crippen LogP contribution in [0.15, 0.2) is 35.9 Å². The number of aliphatic hydroxyl groups is 1. The minimum Gasteiger partial charge on any atom is -0.386 e. The van der Waals surface area contributed by atoms with Gasteiger partial charge in [-0.1, -0.05) is 23.8 Å². The van der Waals surface area contributed by atoms with Crippen molar-refractivity contribution in [2.45, 2.75) is 51.2 Å². The van der Waals surface area contributed by atoms with Gasteiger partial charge in [-0.2, -0.15) is 0 Å². The zero-order valence-corrected chi connectivity index (χ0v) is 12.3. The summed E-state index contributed by atoms with van der Waals surface area (Å²) in [5.41, 5.74) is 1.78. The number of hydrogen-bond donors (Lipinski definition) is 2. The van der Waals surface area contributed by atoms with E-state index >= 15 is 0 Å². The Bertz CT molecular complexity index is 510. The van der Waals surface area contributed by atoms with Crippen molar-refractivity contribution in [1.29, 1.82) is 0 Å². The van der Waals surface area contributed by atoms with Crippen molar-refractivity contribution in [2.75, 3.05) is 0 Å². The van der Waals surface area contributed by atoms with E-state index in [4.69, 9.17) is 0 Å². The van der Waals surface area contributed by atoms with E-state index in [1.807, 2.05) is 0 Å². The standard InChI is InChI=1S/C17H22FNO2/c1-12(17(21)14-7-9-15(18)10-8-14)19-16(20)11-13-5-3-2-4-6-13/h5,7-10,12,17,21H,2-4,6,11H2,1H3,(H,19,20). The number of halogens is 1. The number of nitrogens with one attached hydrogen (secondary N) is 1. The van der Waals surface area contributed by atoms with Gasteiger partial charge in [0, 0.05) is 6.42 Å². The monoisotopic (exact) mass is 291 g/mol. The molecule has 2 N–H and O–H groups in total. The molecule has 0 aromatic heterocycles. The van der Waals surface area contributed by atoms with Crippen LogP contribution in [-0.2, 0) is 4.79 Å². The van der Waals surface area contributed by atoms with Crippen LogP contribution in [0.2, 0.25) is 0 Å². The number of benzene rings is 1. The van der Waals surface area contributed by atoms with Crippen LogP contribution < -0.4 is 5.32 Å². The lowest BCUT2D eigenvalue weighted by molar-refractivity contribution is -0.121. The Labute approximate surface area is 124 Å². The van der Waals surface area contributed by atoms with Crippen LogP contribution in [0, 0.1) is 5.82 Å². The lowest BCUT2D eigenvalue weighted by atomic mass is 9.96. The molecule has 2 rings (SSSR count). The first-order valence-corrected chi connectivity index (χ1v) is 7.47. The quantitative estimate of drug-likeness (QED) is 0.818. The summed E-state index contributed by atoms with van der Waals surface area (Å²) in [5.74, 6) is -0.413. The van der Waals surface area contributed by atoms with Crippen LogP contribution in [0.25, 0.3) is 0 Å². The van der Waals surface area contributed by atoms with E-state index in [-0.39, 0.29) is 11.7 Å². The van der Waals surface area contributed by atoms with Crippen molar-refractivity contribution >= 4 is 5.91 Å². The number of carbonyl (C=O) groups excluding carboxylic acids is 1. The van der Waals surface area contributed by atoms with Gasteiger partial charge in [-0.05, 0) is 50.3 Å². The molecule has 0 spiro atoms. The molecule has 1 aliphatic carbocycles. The second-order valence-corrected chi connectivity index (χ2v) is 5.64. The molecule has 0 bridgehead atoms. The molecular weight excluding hydrogens is 269 g/mol. The molecule has 4 heteroatoms. The minimum atomic E-state index is -0.838. The van der Waals surface area contributed by atoms with Gasteiger partial charge in [0.05, 0.1) is 12.1 Å². The van der Waals surface area contributed by atoms with Gasteiger partial charge in [-0.15, -0.1) is 0 Å². The van der Waals surface area contributed by atoms with Gasteiger partial charge in [0.2, 0.25) is 5.91 Å². The Balaban J connectivity index is 1.87. The maximum atomic E-state index is 12.9. The minimum absolute atomic E-state index is 0.0724. The van der Waals surface area contributed by atoms with Crippen LogP contribution in [0.1, 0.15) is 50.7 Å². The molecule has 0 fully saturated rings. The molecule has 0 heterocycles. The second kappa shape index (κ2) is 7.36. The highest BCUT2D eigenvalue weighted by atomic mass is 19.1. The predicted molar refractivity (Wildman–Crippen MR) is 80.1 cm³/mol. The Hall–Kier alpha value is -1.68. The zero-order chi connectivity index (χ0) is 15.2. The Morgan fingerprint density at radius 2 is 2.05 bits per heavy atom. The van der Waals surface area contributed by atoms with Crippen LogP contribution in [-0.4, -0.2) is 17.1 Å². The summed E-state index contributed by atoms with van der Waals surface area (Å²) < 4.78 is 12.9. The normalized spacial score (nSPS) is 17.8. The molecule has 114 valence electrons. The van der Waals surface area contributed by atoms with Gasteiger partial charge < -0.3 is 10.4 Å². The van der Waals surface area contributed by atoms with Gasteiger partial charge in [0.25, 0.3) is 0 Å². The number of allylic oxidation sites excluding steroid dienone is 1. The molecule has 2 unspecified atom stereocenters. The SMILES string of the molecule is CC(NC(=O)CC1=CCCCC1)C(O)c1ccc(F)cc1. The van der Waals surface area contributed by atoms with E-state index < -0.39 is 12.1 Å². The lowest BCUT2D eigenvalue weighted by Gasteiger charge is -2.21. The predicted octanol–water partition coefficient (Wildman–Crippen LogP) is 3.25. The van der Waals surface area contributed by atoms with E-state index in [0.29, 0.717) is 12.0 Å². The molecule has 1 amide bonds. The molecule has 0 aliphatic heterocycles. The Morgan fingerprint density at radius 1 is 1.33 bits per heavy atom. The van der Waals surface area contributed by atoms with Crippen molar-refractivity contribution in [3.05, 3.63) is 47.3 Å². The molecule has 2 atom stereocenters. The van der Waals surface area contributed by atoms with Gasteiger partial charge in [-0.25, -0.2) is 4.39 Å². The first kappa shape index (κ1) is 15.7. The molecule has 1 aromatic carbocycles. The van der Waals surface area contributed by atoms with E-state index in [9.17, 15) is 14.3 Å². The molecular formula is C17H22FNO2. The summed E-state index contributed by atoms with van der Waals surface area (Å²) in [5, 5.41) is 13.0. The first-order valence-electron chi connectivity index (χ1n) is 7.47. The van der Waals surface area contributed by atoms with Crippen molar-refractivity contribution < 1.29 is 14.3 Å². The van der Waals surface area contributed by atoms with Crippen molar-refractivity contribution in [2.24, 2.45) is 0 Å². The average molecular weight is 291 g/mol. The fourth-order valence-corrected chi connectivity index (χ4v) is 2.60. The maximum absolute atomic E-state index is 12.9.